The smallest absolute Gasteiger partial charge is 0.338 e. The normalized spacial score (nSPS) is 10.4. The van der Waals surface area contributed by atoms with Gasteiger partial charge in [0.05, 0.1) is 18.4 Å². The molecule has 0 bridgehead atoms. The van der Waals surface area contributed by atoms with Crippen molar-refractivity contribution in [2.45, 2.75) is 19.8 Å². The maximum Gasteiger partial charge on any atom is 0.338 e. The fourth-order valence-electron chi connectivity index (χ4n) is 2.18. The molecule has 2 aromatic carbocycles. The van der Waals surface area contributed by atoms with Gasteiger partial charge in [0, 0.05) is 5.02 Å². The van der Waals surface area contributed by atoms with Crippen LogP contribution in [0.3, 0.4) is 0 Å². The van der Waals surface area contributed by atoms with E-state index in [1.54, 1.807) is 30.3 Å². The third-order valence-corrected chi connectivity index (χ3v) is 3.82. The summed E-state index contributed by atoms with van der Waals surface area (Å²) < 4.78 is 10.2. The summed E-state index contributed by atoms with van der Waals surface area (Å²) in [6.45, 7) is 3.74. The molecule has 0 aliphatic carbocycles. The summed E-state index contributed by atoms with van der Waals surface area (Å²) in [4.78, 5) is 24.0. The van der Waals surface area contributed by atoms with Crippen molar-refractivity contribution in [2.24, 2.45) is 0 Å². The summed E-state index contributed by atoms with van der Waals surface area (Å²) in [7, 11) is 1.49. The average Bonchev–Trinajstić information content (AvgIpc) is 2.60. The van der Waals surface area contributed by atoms with E-state index in [4.69, 9.17) is 21.1 Å². The number of hydrogen-bond acceptors (Lipinski definition) is 4. The molecule has 132 valence electrons. The molecule has 0 aromatic heterocycles. The van der Waals surface area contributed by atoms with Crippen LogP contribution < -0.4 is 10.1 Å². The molecule has 0 spiro atoms. The maximum absolute atomic E-state index is 12.0. The average molecular weight is 362 g/mol. The van der Waals surface area contributed by atoms with Crippen LogP contribution in [-0.2, 0) is 9.53 Å². The van der Waals surface area contributed by atoms with Gasteiger partial charge in [0.1, 0.15) is 5.75 Å². The number of carbonyl (C=O) groups is 2. The van der Waals surface area contributed by atoms with Gasteiger partial charge in [-0.05, 0) is 41.8 Å². The topological polar surface area (TPSA) is 64.6 Å². The third kappa shape index (κ3) is 5.22. The van der Waals surface area contributed by atoms with Crippen LogP contribution in [0.1, 0.15) is 35.7 Å². The van der Waals surface area contributed by atoms with Crippen LogP contribution in [0.4, 0.5) is 5.69 Å². The number of halogens is 1. The number of esters is 1. The lowest BCUT2D eigenvalue weighted by atomic mass is 10.0. The molecule has 0 aliphatic rings. The second-order valence-electron chi connectivity index (χ2n) is 5.75. The Morgan fingerprint density at radius 2 is 1.80 bits per heavy atom. The van der Waals surface area contributed by atoms with E-state index in [9.17, 15) is 9.59 Å². The zero-order valence-electron chi connectivity index (χ0n) is 14.3. The number of nitrogens with one attached hydrogen (secondary N) is 1. The number of methoxy groups -OCH3 is 1. The first-order valence-electron chi connectivity index (χ1n) is 7.81. The summed E-state index contributed by atoms with van der Waals surface area (Å²) in [5.41, 5.74) is 1.94. The Morgan fingerprint density at radius 1 is 1.12 bits per heavy atom. The first-order chi connectivity index (χ1) is 11.9. The molecule has 5 nitrogen and oxygen atoms in total. The number of ether oxygens (including phenoxy) is 2. The van der Waals surface area contributed by atoms with Crippen LogP contribution in [0, 0.1) is 0 Å². The summed E-state index contributed by atoms with van der Waals surface area (Å²) >= 11 is 5.91. The molecule has 0 atom stereocenters. The Labute approximate surface area is 151 Å². The van der Waals surface area contributed by atoms with Gasteiger partial charge in [0.2, 0.25) is 0 Å². The minimum absolute atomic E-state index is 0.378. The molecule has 2 aromatic rings. The predicted molar refractivity (Wildman–Crippen MR) is 97.4 cm³/mol. The molecule has 6 heteroatoms. The second-order valence-corrected chi connectivity index (χ2v) is 6.18. The van der Waals surface area contributed by atoms with Gasteiger partial charge in [-0.1, -0.05) is 37.6 Å². The van der Waals surface area contributed by atoms with Crippen LogP contribution >= 0.6 is 11.6 Å². The SMILES string of the molecule is COc1ccc(Cl)cc1NC(=O)COC(=O)c1ccc(C(C)C)cc1. The highest BCUT2D eigenvalue weighted by Crippen LogP contribution is 2.27. The Balaban J connectivity index is 1.93. The van der Waals surface area contributed by atoms with Crippen LogP contribution in [0.15, 0.2) is 42.5 Å². The molecule has 0 aliphatic heterocycles. The fraction of sp³-hybridized carbons (Fsp3) is 0.263. The first-order valence-corrected chi connectivity index (χ1v) is 8.19. The lowest BCUT2D eigenvalue weighted by molar-refractivity contribution is -0.119. The van der Waals surface area contributed by atoms with E-state index in [1.807, 2.05) is 12.1 Å². The van der Waals surface area contributed by atoms with Gasteiger partial charge in [-0.15, -0.1) is 0 Å². The molecule has 1 amide bonds. The largest absolute Gasteiger partial charge is 0.495 e. The zero-order chi connectivity index (χ0) is 18.4. The van der Waals surface area contributed by atoms with Gasteiger partial charge < -0.3 is 14.8 Å². The molecule has 1 N–H and O–H groups in total. The summed E-state index contributed by atoms with van der Waals surface area (Å²) in [6.07, 6.45) is 0. The molecule has 0 fully saturated rings. The van der Waals surface area contributed by atoms with E-state index in [0.717, 1.165) is 5.56 Å². The quantitative estimate of drug-likeness (QED) is 0.780. The van der Waals surface area contributed by atoms with Crippen molar-refractivity contribution in [3.63, 3.8) is 0 Å². The van der Waals surface area contributed by atoms with Crippen LogP contribution in [0.25, 0.3) is 0 Å². The maximum atomic E-state index is 12.0. The predicted octanol–water partition coefficient (Wildman–Crippen LogP) is 4.27. The Hall–Kier alpha value is -2.53. The van der Waals surface area contributed by atoms with E-state index in [2.05, 4.69) is 19.2 Å². The lowest BCUT2D eigenvalue weighted by Crippen LogP contribution is -2.21. The van der Waals surface area contributed by atoms with Gasteiger partial charge in [0.15, 0.2) is 6.61 Å². The monoisotopic (exact) mass is 361 g/mol. The summed E-state index contributed by atoms with van der Waals surface area (Å²) in [5.74, 6) is -0.187. The fourth-order valence-corrected chi connectivity index (χ4v) is 2.35. The van der Waals surface area contributed by atoms with Gasteiger partial charge in [0.25, 0.3) is 5.91 Å². The highest BCUT2D eigenvalue weighted by molar-refractivity contribution is 6.31. The van der Waals surface area contributed by atoms with Crippen molar-refractivity contribution in [1.29, 1.82) is 0 Å². The highest BCUT2D eigenvalue weighted by atomic mass is 35.5. The van der Waals surface area contributed by atoms with Crippen molar-refractivity contribution < 1.29 is 19.1 Å². The standard InChI is InChI=1S/C19H20ClNO4/c1-12(2)13-4-6-14(7-5-13)19(23)25-11-18(22)21-16-10-15(20)8-9-17(16)24-3/h4-10,12H,11H2,1-3H3,(H,21,22). The molecule has 0 saturated heterocycles. The summed E-state index contributed by atoms with van der Waals surface area (Å²) in [6, 6.07) is 12.0. The van der Waals surface area contributed by atoms with Gasteiger partial charge in [-0.25, -0.2) is 4.79 Å². The highest BCUT2D eigenvalue weighted by Gasteiger charge is 2.13. The Bertz CT molecular complexity index is 757. The molecule has 0 unspecified atom stereocenters. The molecule has 0 radical (unpaired) electrons. The van der Waals surface area contributed by atoms with E-state index in [1.165, 1.54) is 7.11 Å². The number of benzene rings is 2. The Morgan fingerprint density at radius 3 is 2.40 bits per heavy atom. The number of carbonyl (C=O) groups excluding carboxylic acids is 2. The molecule has 2 rings (SSSR count). The van der Waals surface area contributed by atoms with Crippen molar-refractivity contribution in [2.75, 3.05) is 19.0 Å². The van der Waals surface area contributed by atoms with Crippen molar-refractivity contribution >= 4 is 29.2 Å². The van der Waals surface area contributed by atoms with E-state index in [0.29, 0.717) is 27.9 Å². The van der Waals surface area contributed by atoms with Gasteiger partial charge >= 0.3 is 5.97 Å². The van der Waals surface area contributed by atoms with Crippen LogP contribution in [-0.4, -0.2) is 25.6 Å². The van der Waals surface area contributed by atoms with Gasteiger partial charge in [-0.2, -0.15) is 0 Å². The first kappa shape index (κ1) is 18.8. The number of anilines is 1. The van der Waals surface area contributed by atoms with Crippen LogP contribution in [0.5, 0.6) is 5.75 Å². The summed E-state index contributed by atoms with van der Waals surface area (Å²) in [5, 5.41) is 3.06. The van der Waals surface area contributed by atoms with Crippen molar-refractivity contribution in [3.05, 3.63) is 58.6 Å². The van der Waals surface area contributed by atoms with E-state index in [-0.39, 0.29) is 0 Å². The molecule has 0 heterocycles. The molecule has 0 saturated carbocycles. The Kier molecular flexibility index (Phi) is 6.42. The van der Waals surface area contributed by atoms with Crippen molar-refractivity contribution in [3.8, 4) is 5.75 Å². The van der Waals surface area contributed by atoms with Gasteiger partial charge in [-0.3, -0.25) is 4.79 Å². The van der Waals surface area contributed by atoms with E-state index >= 15 is 0 Å². The number of amides is 1. The van der Waals surface area contributed by atoms with Crippen LogP contribution in [0.2, 0.25) is 5.02 Å². The minimum Gasteiger partial charge on any atom is -0.495 e. The van der Waals surface area contributed by atoms with Crippen molar-refractivity contribution in [1.82, 2.24) is 0 Å². The molecular formula is C19H20ClNO4. The minimum atomic E-state index is -0.552. The molecular weight excluding hydrogens is 342 g/mol. The number of rotatable bonds is 6. The number of hydrogen-bond donors (Lipinski definition) is 1. The zero-order valence-corrected chi connectivity index (χ0v) is 15.1. The third-order valence-electron chi connectivity index (χ3n) is 3.58. The second kappa shape index (κ2) is 8.53. The van der Waals surface area contributed by atoms with E-state index < -0.39 is 18.5 Å². The lowest BCUT2D eigenvalue weighted by Gasteiger charge is -2.11. The molecule has 25 heavy (non-hydrogen) atoms.